The standard InChI is InChI=1S/C10H14Br2OS/c1-8(11)2-3-9(12)6-13-10-4-5-14-7-10/h4-5,7-9H,2-3,6H2,1H3. The molecular formula is C10H14Br2OS. The van der Waals surface area contributed by atoms with Crippen LogP contribution < -0.4 is 4.74 Å². The van der Waals surface area contributed by atoms with Gasteiger partial charge in [-0.1, -0.05) is 38.8 Å². The molecule has 1 rings (SSSR count). The van der Waals surface area contributed by atoms with Gasteiger partial charge in [0, 0.05) is 15.0 Å². The molecule has 80 valence electrons. The van der Waals surface area contributed by atoms with E-state index >= 15 is 0 Å². The number of halogens is 2. The molecule has 0 aliphatic rings. The fourth-order valence-electron chi connectivity index (χ4n) is 1.01. The Morgan fingerprint density at radius 2 is 2.21 bits per heavy atom. The molecule has 0 spiro atoms. The first kappa shape index (κ1) is 12.5. The minimum atomic E-state index is 0.447. The maximum atomic E-state index is 5.59. The summed E-state index contributed by atoms with van der Waals surface area (Å²) in [5.41, 5.74) is 0. The molecule has 0 radical (unpaired) electrons. The van der Waals surface area contributed by atoms with Crippen LogP contribution in [0.15, 0.2) is 16.8 Å². The van der Waals surface area contributed by atoms with E-state index < -0.39 is 0 Å². The zero-order valence-corrected chi connectivity index (χ0v) is 12.1. The van der Waals surface area contributed by atoms with E-state index in [0.717, 1.165) is 18.8 Å². The number of rotatable bonds is 6. The van der Waals surface area contributed by atoms with Crippen molar-refractivity contribution in [1.29, 1.82) is 0 Å². The second kappa shape index (κ2) is 6.85. The monoisotopic (exact) mass is 340 g/mol. The van der Waals surface area contributed by atoms with Gasteiger partial charge >= 0.3 is 0 Å². The van der Waals surface area contributed by atoms with Gasteiger partial charge in [0.2, 0.25) is 0 Å². The van der Waals surface area contributed by atoms with E-state index in [0.29, 0.717) is 9.65 Å². The maximum absolute atomic E-state index is 5.59. The van der Waals surface area contributed by atoms with Crippen LogP contribution in [0.2, 0.25) is 0 Å². The lowest BCUT2D eigenvalue weighted by Crippen LogP contribution is -2.12. The first-order chi connectivity index (χ1) is 6.68. The fraction of sp³-hybridized carbons (Fsp3) is 0.600. The molecule has 0 bridgehead atoms. The molecule has 0 N–H and O–H groups in total. The van der Waals surface area contributed by atoms with Crippen molar-refractivity contribution < 1.29 is 4.74 Å². The number of alkyl halides is 2. The molecule has 0 aliphatic heterocycles. The largest absolute Gasteiger partial charge is 0.492 e. The van der Waals surface area contributed by atoms with Crippen LogP contribution in [0.1, 0.15) is 19.8 Å². The second-order valence-corrected chi connectivity index (χ2v) is 6.86. The van der Waals surface area contributed by atoms with E-state index in [1.807, 2.05) is 16.8 Å². The first-order valence-corrected chi connectivity index (χ1v) is 7.39. The lowest BCUT2D eigenvalue weighted by atomic mass is 10.2. The van der Waals surface area contributed by atoms with E-state index in [1.165, 1.54) is 6.42 Å². The van der Waals surface area contributed by atoms with Crippen LogP contribution in [-0.2, 0) is 0 Å². The molecule has 0 aromatic carbocycles. The van der Waals surface area contributed by atoms with E-state index in [2.05, 4.69) is 38.8 Å². The molecule has 2 unspecified atom stereocenters. The van der Waals surface area contributed by atoms with Crippen molar-refractivity contribution in [2.75, 3.05) is 6.61 Å². The van der Waals surface area contributed by atoms with E-state index in [1.54, 1.807) is 11.3 Å². The Hall–Kier alpha value is 0.460. The summed E-state index contributed by atoms with van der Waals surface area (Å²) in [4.78, 5) is 1.03. The highest BCUT2D eigenvalue weighted by atomic mass is 79.9. The minimum Gasteiger partial charge on any atom is -0.492 e. The van der Waals surface area contributed by atoms with Crippen LogP contribution in [0.4, 0.5) is 0 Å². The smallest absolute Gasteiger partial charge is 0.130 e. The van der Waals surface area contributed by atoms with Crippen molar-refractivity contribution in [1.82, 2.24) is 0 Å². The van der Waals surface area contributed by atoms with E-state index in [9.17, 15) is 0 Å². The summed E-state index contributed by atoms with van der Waals surface area (Å²) in [5.74, 6) is 0.978. The average molecular weight is 342 g/mol. The van der Waals surface area contributed by atoms with Crippen LogP contribution in [0.3, 0.4) is 0 Å². The molecule has 1 nitrogen and oxygen atoms in total. The van der Waals surface area contributed by atoms with Gasteiger partial charge in [-0.2, -0.15) is 0 Å². The highest BCUT2D eigenvalue weighted by Gasteiger charge is 2.07. The Morgan fingerprint density at radius 1 is 1.43 bits per heavy atom. The third-order valence-corrected chi connectivity index (χ3v) is 3.65. The minimum absolute atomic E-state index is 0.447. The van der Waals surface area contributed by atoms with E-state index in [4.69, 9.17) is 4.74 Å². The van der Waals surface area contributed by atoms with Crippen molar-refractivity contribution >= 4 is 43.2 Å². The molecule has 1 heterocycles. The van der Waals surface area contributed by atoms with Gasteiger partial charge in [-0.05, 0) is 24.3 Å². The summed E-state index contributed by atoms with van der Waals surface area (Å²) in [6.45, 7) is 2.91. The number of hydrogen-bond acceptors (Lipinski definition) is 2. The van der Waals surface area contributed by atoms with Crippen molar-refractivity contribution in [3.05, 3.63) is 16.8 Å². The van der Waals surface area contributed by atoms with Gasteiger partial charge in [-0.15, -0.1) is 11.3 Å². The van der Waals surface area contributed by atoms with Gasteiger partial charge in [0.1, 0.15) is 12.4 Å². The zero-order valence-electron chi connectivity index (χ0n) is 8.08. The Kier molecular flexibility index (Phi) is 6.13. The van der Waals surface area contributed by atoms with Crippen LogP contribution in [0, 0.1) is 0 Å². The molecule has 0 fully saturated rings. The fourth-order valence-corrected chi connectivity index (χ4v) is 2.25. The van der Waals surface area contributed by atoms with Gasteiger partial charge in [0.15, 0.2) is 0 Å². The van der Waals surface area contributed by atoms with Crippen molar-refractivity contribution in [3.63, 3.8) is 0 Å². The summed E-state index contributed by atoms with van der Waals surface area (Å²) >= 11 is 8.80. The molecule has 0 aliphatic carbocycles. The van der Waals surface area contributed by atoms with Crippen molar-refractivity contribution in [3.8, 4) is 5.75 Å². The van der Waals surface area contributed by atoms with Crippen molar-refractivity contribution in [2.24, 2.45) is 0 Å². The highest BCUT2D eigenvalue weighted by molar-refractivity contribution is 9.09. The molecule has 0 saturated heterocycles. The predicted octanol–water partition coefficient (Wildman–Crippen LogP) is 4.45. The Bertz CT molecular complexity index is 236. The molecule has 0 saturated carbocycles. The summed E-state index contributed by atoms with van der Waals surface area (Å²) in [5, 5.41) is 4.05. The quantitative estimate of drug-likeness (QED) is 0.694. The average Bonchev–Trinajstić information content (AvgIpc) is 2.63. The Balaban J connectivity index is 2.12. The molecule has 1 aromatic heterocycles. The van der Waals surface area contributed by atoms with Crippen LogP contribution in [0.5, 0.6) is 5.75 Å². The van der Waals surface area contributed by atoms with Crippen molar-refractivity contribution in [2.45, 2.75) is 29.4 Å². The van der Waals surface area contributed by atoms with Gasteiger partial charge in [-0.3, -0.25) is 0 Å². The van der Waals surface area contributed by atoms with Gasteiger partial charge in [-0.25, -0.2) is 0 Å². The van der Waals surface area contributed by atoms with Crippen LogP contribution >= 0.6 is 43.2 Å². The van der Waals surface area contributed by atoms with E-state index in [-0.39, 0.29) is 0 Å². The molecule has 4 heteroatoms. The maximum Gasteiger partial charge on any atom is 0.130 e. The molecular weight excluding hydrogens is 328 g/mol. The Labute approximate surface area is 106 Å². The summed E-state index contributed by atoms with van der Waals surface area (Å²) in [7, 11) is 0. The van der Waals surface area contributed by atoms with Gasteiger partial charge in [0.05, 0.1) is 0 Å². The number of hydrogen-bond donors (Lipinski definition) is 0. The molecule has 2 atom stereocenters. The van der Waals surface area contributed by atoms with Gasteiger partial charge < -0.3 is 4.74 Å². The number of ether oxygens (including phenoxy) is 1. The SMILES string of the molecule is CC(Br)CCC(Br)COc1ccsc1. The lowest BCUT2D eigenvalue weighted by Gasteiger charge is -2.11. The Morgan fingerprint density at radius 3 is 2.79 bits per heavy atom. The lowest BCUT2D eigenvalue weighted by molar-refractivity contribution is 0.314. The predicted molar refractivity (Wildman–Crippen MR) is 70.2 cm³/mol. The zero-order chi connectivity index (χ0) is 10.4. The third kappa shape index (κ3) is 5.37. The summed E-state index contributed by atoms with van der Waals surface area (Å²) < 4.78 is 5.59. The molecule has 14 heavy (non-hydrogen) atoms. The third-order valence-electron chi connectivity index (χ3n) is 1.80. The summed E-state index contributed by atoms with van der Waals surface area (Å²) in [6, 6.07) is 2.00. The summed E-state index contributed by atoms with van der Waals surface area (Å²) in [6.07, 6.45) is 2.31. The second-order valence-electron chi connectivity index (χ2n) is 3.23. The van der Waals surface area contributed by atoms with Crippen LogP contribution in [-0.4, -0.2) is 16.3 Å². The van der Waals surface area contributed by atoms with Gasteiger partial charge in [0.25, 0.3) is 0 Å². The topological polar surface area (TPSA) is 9.23 Å². The van der Waals surface area contributed by atoms with Crippen LogP contribution in [0.25, 0.3) is 0 Å². The molecule has 0 amide bonds. The normalized spacial score (nSPS) is 15.1. The highest BCUT2D eigenvalue weighted by Crippen LogP contribution is 2.18. The first-order valence-electron chi connectivity index (χ1n) is 4.61. The molecule has 1 aromatic rings. The number of thiophene rings is 1.